The van der Waals surface area contributed by atoms with Crippen LogP contribution in [0.15, 0.2) is 9.15 Å². The van der Waals surface area contributed by atoms with E-state index in [0.717, 1.165) is 0 Å². The fraction of sp³-hybridized carbons (Fsp3) is 0.500. The summed E-state index contributed by atoms with van der Waals surface area (Å²) < 4.78 is 0.631. The fourth-order valence-corrected chi connectivity index (χ4v) is 0.577. The molecular formula is C4H6Br2O2. The summed E-state index contributed by atoms with van der Waals surface area (Å²) in [7, 11) is 0. The second-order valence-corrected chi connectivity index (χ2v) is 2.88. The Kier molecular flexibility index (Phi) is 4.60. The Balaban J connectivity index is 3.62. The van der Waals surface area contributed by atoms with Gasteiger partial charge in [-0.05, 0) is 15.9 Å². The van der Waals surface area contributed by atoms with Gasteiger partial charge in [-0.1, -0.05) is 15.9 Å². The second-order valence-electron chi connectivity index (χ2n) is 1.17. The summed E-state index contributed by atoms with van der Waals surface area (Å²) >= 11 is 5.84. The van der Waals surface area contributed by atoms with E-state index in [1.807, 2.05) is 0 Å². The van der Waals surface area contributed by atoms with Crippen molar-refractivity contribution in [3.8, 4) is 0 Å². The molecule has 0 saturated heterocycles. The zero-order valence-electron chi connectivity index (χ0n) is 4.06. The normalized spacial score (nSPS) is 13.4. The quantitative estimate of drug-likeness (QED) is 0.730. The fourth-order valence-electron chi connectivity index (χ4n) is 0.201. The highest BCUT2D eigenvalue weighted by Gasteiger charge is 1.94. The highest BCUT2D eigenvalue weighted by molar-refractivity contribution is 9.14. The van der Waals surface area contributed by atoms with E-state index in [1.54, 1.807) is 0 Å². The summed E-state index contributed by atoms with van der Waals surface area (Å²) in [5.74, 6) is 0. The molecule has 0 rings (SSSR count). The predicted octanol–water partition coefficient (Wildman–Crippen LogP) is 1.89. The van der Waals surface area contributed by atoms with Crippen molar-refractivity contribution in [2.45, 2.75) is 6.42 Å². The van der Waals surface area contributed by atoms with Gasteiger partial charge in [0.1, 0.15) is 0 Å². The van der Waals surface area contributed by atoms with Crippen molar-refractivity contribution in [2.75, 3.05) is 6.61 Å². The first-order valence-corrected chi connectivity index (χ1v) is 3.61. The molecule has 4 heteroatoms. The summed E-state index contributed by atoms with van der Waals surface area (Å²) in [5, 5.41) is 16.9. The molecule has 0 spiro atoms. The van der Waals surface area contributed by atoms with Gasteiger partial charge in [0, 0.05) is 17.5 Å². The number of hydrogen-bond donors (Lipinski definition) is 2. The van der Waals surface area contributed by atoms with Crippen LogP contribution in [0, 0.1) is 0 Å². The zero-order valence-corrected chi connectivity index (χ0v) is 7.24. The summed E-state index contributed by atoms with van der Waals surface area (Å²) in [6, 6.07) is 0. The van der Waals surface area contributed by atoms with Crippen LogP contribution in [-0.4, -0.2) is 16.8 Å². The topological polar surface area (TPSA) is 40.5 Å². The van der Waals surface area contributed by atoms with E-state index in [0.29, 0.717) is 10.9 Å². The van der Waals surface area contributed by atoms with E-state index in [1.165, 1.54) is 0 Å². The Morgan fingerprint density at radius 3 is 2.00 bits per heavy atom. The SMILES string of the molecule is OCC/C(Br)=C(/O)Br. The van der Waals surface area contributed by atoms with Gasteiger partial charge in [0.25, 0.3) is 0 Å². The van der Waals surface area contributed by atoms with Crippen molar-refractivity contribution in [2.24, 2.45) is 0 Å². The molecule has 0 aromatic carbocycles. The molecule has 0 bridgehead atoms. The molecule has 0 unspecified atom stereocenters. The van der Waals surface area contributed by atoms with Crippen LogP contribution in [0.4, 0.5) is 0 Å². The zero-order chi connectivity index (χ0) is 6.57. The Labute approximate surface area is 64.5 Å². The third kappa shape index (κ3) is 3.46. The lowest BCUT2D eigenvalue weighted by molar-refractivity contribution is 0.300. The highest BCUT2D eigenvalue weighted by atomic mass is 79.9. The molecule has 0 fully saturated rings. The molecule has 0 amide bonds. The molecule has 0 aromatic heterocycles. The standard InChI is InChI=1S/C4H6Br2O2/c5-3(1-2-7)4(6)8/h7-8H,1-2H2/b4-3-. The van der Waals surface area contributed by atoms with E-state index in [-0.39, 0.29) is 11.3 Å². The van der Waals surface area contributed by atoms with Crippen LogP contribution >= 0.6 is 31.9 Å². The number of aliphatic hydroxyl groups excluding tert-OH is 2. The van der Waals surface area contributed by atoms with Gasteiger partial charge in [0.2, 0.25) is 0 Å². The first-order valence-electron chi connectivity index (χ1n) is 2.02. The number of aliphatic hydroxyl groups is 2. The monoisotopic (exact) mass is 244 g/mol. The molecule has 0 aliphatic rings. The van der Waals surface area contributed by atoms with Crippen molar-refractivity contribution in [1.29, 1.82) is 0 Å². The second kappa shape index (κ2) is 4.35. The van der Waals surface area contributed by atoms with Crippen molar-refractivity contribution >= 4 is 31.9 Å². The maximum absolute atomic E-state index is 8.59. The lowest BCUT2D eigenvalue weighted by atomic mass is 10.4. The molecule has 0 aliphatic heterocycles. The van der Waals surface area contributed by atoms with Crippen LogP contribution in [0.5, 0.6) is 0 Å². The Morgan fingerprint density at radius 2 is 1.88 bits per heavy atom. The van der Waals surface area contributed by atoms with Crippen molar-refractivity contribution < 1.29 is 10.2 Å². The minimum absolute atomic E-state index is 0.0379. The lowest BCUT2D eigenvalue weighted by Crippen LogP contribution is -1.82. The van der Waals surface area contributed by atoms with Crippen molar-refractivity contribution in [3.05, 3.63) is 9.15 Å². The molecule has 0 aliphatic carbocycles. The molecule has 48 valence electrons. The minimum atomic E-state index is 0.0379. The molecular weight excluding hydrogens is 240 g/mol. The number of halogens is 2. The molecule has 0 heterocycles. The largest absolute Gasteiger partial charge is 0.501 e. The van der Waals surface area contributed by atoms with Gasteiger partial charge in [-0.3, -0.25) is 0 Å². The number of rotatable bonds is 2. The summed E-state index contributed by atoms with van der Waals surface area (Å²) in [6.45, 7) is 0.0379. The third-order valence-corrected chi connectivity index (χ3v) is 2.34. The maximum Gasteiger partial charge on any atom is 0.169 e. The Morgan fingerprint density at radius 1 is 1.38 bits per heavy atom. The third-order valence-electron chi connectivity index (χ3n) is 0.555. The number of hydrogen-bond acceptors (Lipinski definition) is 2. The first kappa shape index (κ1) is 8.46. The average Bonchev–Trinajstić information content (AvgIpc) is 1.67. The van der Waals surface area contributed by atoms with Gasteiger partial charge < -0.3 is 10.2 Å². The molecule has 0 radical (unpaired) electrons. The van der Waals surface area contributed by atoms with Gasteiger partial charge in [-0.2, -0.15) is 0 Å². The summed E-state index contributed by atoms with van der Waals surface area (Å²) in [6.07, 6.45) is 0.442. The first-order chi connectivity index (χ1) is 3.68. The van der Waals surface area contributed by atoms with E-state index in [2.05, 4.69) is 31.9 Å². The summed E-state index contributed by atoms with van der Waals surface area (Å²) in [4.78, 5) is 0. The highest BCUT2D eigenvalue weighted by Crippen LogP contribution is 2.17. The van der Waals surface area contributed by atoms with Gasteiger partial charge in [-0.25, -0.2) is 0 Å². The predicted molar refractivity (Wildman–Crippen MR) is 39.2 cm³/mol. The van der Waals surface area contributed by atoms with Crippen LogP contribution in [0.25, 0.3) is 0 Å². The Hall–Kier alpha value is 0.460. The van der Waals surface area contributed by atoms with Crippen molar-refractivity contribution in [3.63, 3.8) is 0 Å². The smallest absolute Gasteiger partial charge is 0.169 e. The van der Waals surface area contributed by atoms with Crippen LogP contribution < -0.4 is 0 Å². The van der Waals surface area contributed by atoms with E-state index >= 15 is 0 Å². The van der Waals surface area contributed by atoms with Crippen LogP contribution in [0.3, 0.4) is 0 Å². The molecule has 2 N–H and O–H groups in total. The molecule has 0 atom stereocenters. The maximum atomic E-state index is 8.59. The lowest BCUT2D eigenvalue weighted by Gasteiger charge is -1.92. The van der Waals surface area contributed by atoms with Crippen LogP contribution in [-0.2, 0) is 0 Å². The van der Waals surface area contributed by atoms with Gasteiger partial charge in [0.05, 0.1) is 0 Å². The van der Waals surface area contributed by atoms with E-state index in [9.17, 15) is 0 Å². The van der Waals surface area contributed by atoms with E-state index < -0.39 is 0 Å². The van der Waals surface area contributed by atoms with E-state index in [4.69, 9.17) is 10.2 Å². The molecule has 8 heavy (non-hydrogen) atoms. The Bertz CT molecular complexity index is 96.2. The van der Waals surface area contributed by atoms with Gasteiger partial charge in [-0.15, -0.1) is 0 Å². The van der Waals surface area contributed by atoms with Crippen molar-refractivity contribution in [1.82, 2.24) is 0 Å². The van der Waals surface area contributed by atoms with Gasteiger partial charge in [0.15, 0.2) is 4.67 Å². The molecule has 0 saturated carbocycles. The van der Waals surface area contributed by atoms with Crippen LogP contribution in [0.2, 0.25) is 0 Å². The average molecular weight is 246 g/mol. The van der Waals surface area contributed by atoms with Crippen LogP contribution in [0.1, 0.15) is 6.42 Å². The molecule has 0 aromatic rings. The summed E-state index contributed by atoms with van der Waals surface area (Å²) in [5.41, 5.74) is 0. The minimum Gasteiger partial charge on any atom is -0.501 e. The van der Waals surface area contributed by atoms with Gasteiger partial charge >= 0.3 is 0 Å². The molecule has 2 nitrogen and oxygen atoms in total.